The van der Waals surface area contributed by atoms with Gasteiger partial charge in [0, 0.05) is 14.1 Å². The third-order valence-electron chi connectivity index (χ3n) is 2.54. The van der Waals surface area contributed by atoms with Gasteiger partial charge in [-0.1, -0.05) is 0 Å². The lowest BCUT2D eigenvalue weighted by molar-refractivity contribution is 0.707. The molecule has 94 valence electrons. The molecule has 2 rings (SSSR count). The number of aryl methyl sites for hydroxylation is 1. The lowest BCUT2D eigenvalue weighted by Crippen LogP contribution is -2.36. The summed E-state index contributed by atoms with van der Waals surface area (Å²) in [4.78, 5) is 30.4. The van der Waals surface area contributed by atoms with E-state index in [2.05, 4.69) is 9.97 Å². The summed E-state index contributed by atoms with van der Waals surface area (Å²) in [6.45, 7) is 1.75. The SMILES string of the molecule is CC(N)c1nc2c([nH]1)c(=O)n(C)c(=O)n2C.Cl. The highest BCUT2D eigenvalue weighted by atomic mass is 35.5. The second-order valence-electron chi connectivity index (χ2n) is 3.82. The summed E-state index contributed by atoms with van der Waals surface area (Å²) in [5.74, 6) is 0.494. The molecule has 17 heavy (non-hydrogen) atoms. The summed E-state index contributed by atoms with van der Waals surface area (Å²) < 4.78 is 2.35. The van der Waals surface area contributed by atoms with Crippen molar-refractivity contribution in [1.29, 1.82) is 0 Å². The van der Waals surface area contributed by atoms with Crippen LogP contribution in [0.1, 0.15) is 18.8 Å². The highest BCUT2D eigenvalue weighted by Gasteiger charge is 2.14. The fraction of sp³-hybridized carbons (Fsp3) is 0.444. The molecule has 0 saturated heterocycles. The molecule has 0 fully saturated rings. The Kier molecular flexibility index (Phi) is 3.44. The van der Waals surface area contributed by atoms with Crippen molar-refractivity contribution in [3.63, 3.8) is 0 Å². The number of aromatic amines is 1. The van der Waals surface area contributed by atoms with Crippen molar-refractivity contribution in [2.45, 2.75) is 13.0 Å². The Labute approximate surface area is 103 Å². The molecule has 0 amide bonds. The van der Waals surface area contributed by atoms with E-state index in [1.165, 1.54) is 11.6 Å². The molecule has 8 heteroatoms. The normalized spacial score (nSPS) is 12.5. The number of fused-ring (bicyclic) bond motifs is 1. The molecule has 0 aliphatic rings. The third kappa shape index (κ3) is 1.87. The summed E-state index contributed by atoms with van der Waals surface area (Å²) >= 11 is 0. The highest BCUT2D eigenvalue weighted by molar-refractivity contribution is 5.85. The maximum Gasteiger partial charge on any atom is 0.332 e. The van der Waals surface area contributed by atoms with Gasteiger partial charge < -0.3 is 10.7 Å². The maximum absolute atomic E-state index is 11.8. The summed E-state index contributed by atoms with van der Waals surface area (Å²) in [5, 5.41) is 0. The van der Waals surface area contributed by atoms with Gasteiger partial charge in [0.2, 0.25) is 0 Å². The number of imidazole rings is 1. The zero-order valence-electron chi connectivity index (χ0n) is 9.72. The van der Waals surface area contributed by atoms with Gasteiger partial charge in [0.15, 0.2) is 5.65 Å². The molecule has 3 N–H and O–H groups in total. The summed E-state index contributed by atoms with van der Waals surface area (Å²) in [5.41, 5.74) is 5.51. The first-order chi connectivity index (χ1) is 7.43. The van der Waals surface area contributed by atoms with Crippen molar-refractivity contribution >= 4 is 23.6 Å². The molecule has 0 spiro atoms. The zero-order valence-corrected chi connectivity index (χ0v) is 10.5. The lowest BCUT2D eigenvalue weighted by atomic mass is 10.3. The van der Waals surface area contributed by atoms with Crippen LogP contribution in [0.5, 0.6) is 0 Å². The summed E-state index contributed by atoms with van der Waals surface area (Å²) in [6, 6.07) is -0.313. The predicted molar refractivity (Wildman–Crippen MR) is 66.4 cm³/mol. The van der Waals surface area contributed by atoms with Crippen molar-refractivity contribution in [2.24, 2.45) is 19.8 Å². The first-order valence-electron chi connectivity index (χ1n) is 4.84. The topological polar surface area (TPSA) is 98.7 Å². The highest BCUT2D eigenvalue weighted by Crippen LogP contribution is 2.09. The van der Waals surface area contributed by atoms with Gasteiger partial charge in [0.1, 0.15) is 11.3 Å². The van der Waals surface area contributed by atoms with Crippen LogP contribution in [-0.4, -0.2) is 19.1 Å². The molecule has 1 unspecified atom stereocenters. The van der Waals surface area contributed by atoms with Gasteiger partial charge in [-0.2, -0.15) is 0 Å². The molecule has 7 nitrogen and oxygen atoms in total. The maximum atomic E-state index is 11.8. The van der Waals surface area contributed by atoms with E-state index in [0.717, 1.165) is 4.57 Å². The number of nitrogens with one attached hydrogen (secondary N) is 1. The minimum absolute atomic E-state index is 0. The van der Waals surface area contributed by atoms with Crippen molar-refractivity contribution in [3.8, 4) is 0 Å². The monoisotopic (exact) mass is 259 g/mol. The number of nitrogens with zero attached hydrogens (tertiary/aromatic N) is 3. The standard InChI is InChI=1S/C9H13N5O2.ClH/c1-4(10)6-11-5-7(12-6)13(2)9(16)14(3)8(5)15;/h4H,10H2,1-3H3,(H,11,12);1H. The van der Waals surface area contributed by atoms with Crippen LogP contribution in [0.15, 0.2) is 9.59 Å². The summed E-state index contributed by atoms with van der Waals surface area (Å²) in [7, 11) is 2.99. The van der Waals surface area contributed by atoms with Crippen LogP contribution >= 0.6 is 12.4 Å². The van der Waals surface area contributed by atoms with E-state index >= 15 is 0 Å². The molecule has 0 saturated carbocycles. The predicted octanol–water partition coefficient (Wildman–Crippen LogP) is -0.598. The fourth-order valence-corrected chi connectivity index (χ4v) is 1.56. The van der Waals surface area contributed by atoms with E-state index in [1.54, 1.807) is 14.0 Å². The molecule has 0 aromatic carbocycles. The summed E-state index contributed by atoms with van der Waals surface area (Å²) in [6.07, 6.45) is 0. The van der Waals surface area contributed by atoms with Crippen LogP contribution in [0.4, 0.5) is 0 Å². The number of hydrogen-bond acceptors (Lipinski definition) is 4. The van der Waals surface area contributed by atoms with Crippen LogP contribution in [0.2, 0.25) is 0 Å². The molecule has 0 bridgehead atoms. The van der Waals surface area contributed by atoms with Gasteiger partial charge in [-0.15, -0.1) is 12.4 Å². The van der Waals surface area contributed by atoms with Crippen molar-refractivity contribution in [1.82, 2.24) is 19.1 Å². The number of halogens is 1. The van der Waals surface area contributed by atoms with Crippen LogP contribution < -0.4 is 17.0 Å². The van der Waals surface area contributed by atoms with Crippen LogP contribution in [0.25, 0.3) is 11.2 Å². The molecule has 2 aromatic rings. The Morgan fingerprint density at radius 3 is 2.41 bits per heavy atom. The Morgan fingerprint density at radius 2 is 1.88 bits per heavy atom. The van der Waals surface area contributed by atoms with Crippen LogP contribution in [0.3, 0.4) is 0 Å². The van der Waals surface area contributed by atoms with E-state index in [4.69, 9.17) is 5.73 Å². The number of H-pyrrole nitrogens is 1. The van der Waals surface area contributed by atoms with Gasteiger partial charge >= 0.3 is 5.69 Å². The van der Waals surface area contributed by atoms with Gasteiger partial charge in [0.25, 0.3) is 5.56 Å². The quantitative estimate of drug-likeness (QED) is 0.715. The van der Waals surface area contributed by atoms with Crippen LogP contribution in [-0.2, 0) is 14.1 Å². The Morgan fingerprint density at radius 1 is 1.29 bits per heavy atom. The zero-order chi connectivity index (χ0) is 12.0. The fourth-order valence-electron chi connectivity index (χ4n) is 1.56. The Hall–Kier alpha value is -1.60. The molecule has 0 aliphatic carbocycles. The molecule has 2 aromatic heterocycles. The van der Waals surface area contributed by atoms with E-state index in [0.29, 0.717) is 17.0 Å². The third-order valence-corrected chi connectivity index (χ3v) is 2.54. The number of hydrogen-bond donors (Lipinski definition) is 2. The molecule has 1 atom stereocenters. The lowest BCUT2D eigenvalue weighted by Gasteiger charge is -2.00. The van der Waals surface area contributed by atoms with Crippen molar-refractivity contribution in [2.75, 3.05) is 0 Å². The number of nitrogens with two attached hydrogens (primary N) is 1. The Bertz CT molecular complexity index is 666. The van der Waals surface area contributed by atoms with Gasteiger partial charge in [-0.05, 0) is 6.92 Å². The van der Waals surface area contributed by atoms with E-state index in [-0.39, 0.29) is 18.4 Å². The molecule has 0 aliphatic heterocycles. The molecule has 0 radical (unpaired) electrons. The van der Waals surface area contributed by atoms with Crippen molar-refractivity contribution in [3.05, 3.63) is 26.7 Å². The second-order valence-corrected chi connectivity index (χ2v) is 3.82. The van der Waals surface area contributed by atoms with Crippen LogP contribution in [0, 0.1) is 0 Å². The Balaban J connectivity index is 0.00000144. The first-order valence-corrected chi connectivity index (χ1v) is 4.84. The van der Waals surface area contributed by atoms with E-state index in [1.807, 2.05) is 0 Å². The average Bonchev–Trinajstić information content (AvgIpc) is 2.68. The largest absolute Gasteiger partial charge is 0.335 e. The van der Waals surface area contributed by atoms with Crippen molar-refractivity contribution < 1.29 is 0 Å². The molecular weight excluding hydrogens is 246 g/mol. The van der Waals surface area contributed by atoms with E-state index in [9.17, 15) is 9.59 Å². The minimum atomic E-state index is -0.403. The minimum Gasteiger partial charge on any atom is -0.335 e. The van der Waals surface area contributed by atoms with Gasteiger partial charge in [0.05, 0.1) is 6.04 Å². The first kappa shape index (κ1) is 13.5. The smallest absolute Gasteiger partial charge is 0.332 e. The molecule has 2 heterocycles. The average molecular weight is 260 g/mol. The number of rotatable bonds is 1. The molecular formula is C9H14ClN5O2. The number of aromatic nitrogens is 4. The van der Waals surface area contributed by atoms with Gasteiger partial charge in [-0.25, -0.2) is 9.78 Å². The van der Waals surface area contributed by atoms with E-state index < -0.39 is 11.2 Å². The van der Waals surface area contributed by atoms with Gasteiger partial charge in [-0.3, -0.25) is 13.9 Å². The second kappa shape index (κ2) is 4.34.